The number of piperidine rings is 1. The molecule has 2 atom stereocenters. The molecule has 2 aliphatic rings. The molecule has 0 aromatic heterocycles. The quantitative estimate of drug-likeness (QED) is 0.817. The molecule has 0 spiro atoms. The largest absolute Gasteiger partial charge is 0.377 e. The first-order chi connectivity index (χ1) is 8.12. The van der Waals surface area contributed by atoms with Crippen LogP contribution in [0.3, 0.4) is 0 Å². The SMILES string of the molecule is CC1(C)CCC(CCN)CN1CC1CCCO1. The Labute approximate surface area is 106 Å². The summed E-state index contributed by atoms with van der Waals surface area (Å²) >= 11 is 0. The molecule has 0 aliphatic carbocycles. The van der Waals surface area contributed by atoms with Gasteiger partial charge in [0, 0.05) is 25.2 Å². The van der Waals surface area contributed by atoms with Gasteiger partial charge in [-0.3, -0.25) is 4.90 Å². The Balaban J connectivity index is 1.90. The second-order valence-electron chi connectivity index (χ2n) is 6.33. The summed E-state index contributed by atoms with van der Waals surface area (Å²) in [5.74, 6) is 0.800. The normalized spacial score (nSPS) is 34.1. The maximum absolute atomic E-state index is 5.78. The molecule has 0 saturated carbocycles. The average Bonchev–Trinajstić information content (AvgIpc) is 2.76. The summed E-state index contributed by atoms with van der Waals surface area (Å²) in [5, 5.41) is 0. The van der Waals surface area contributed by atoms with Gasteiger partial charge in [0.2, 0.25) is 0 Å². The third-order valence-electron chi connectivity index (χ3n) is 4.52. The molecule has 0 radical (unpaired) electrons. The lowest BCUT2D eigenvalue weighted by molar-refractivity contribution is -0.00529. The summed E-state index contributed by atoms with van der Waals surface area (Å²) in [4.78, 5) is 2.65. The van der Waals surface area contributed by atoms with Crippen molar-refractivity contribution in [3.63, 3.8) is 0 Å². The number of likely N-dealkylation sites (tertiary alicyclic amines) is 1. The topological polar surface area (TPSA) is 38.5 Å². The van der Waals surface area contributed by atoms with Gasteiger partial charge in [-0.1, -0.05) is 0 Å². The van der Waals surface area contributed by atoms with Crippen LogP contribution in [-0.2, 0) is 4.74 Å². The molecule has 3 nitrogen and oxygen atoms in total. The minimum Gasteiger partial charge on any atom is -0.377 e. The number of rotatable bonds is 4. The summed E-state index contributed by atoms with van der Waals surface area (Å²) in [5.41, 5.74) is 6.04. The molecular formula is C14H28N2O. The molecule has 2 saturated heterocycles. The highest BCUT2D eigenvalue weighted by Gasteiger charge is 2.35. The van der Waals surface area contributed by atoms with Gasteiger partial charge >= 0.3 is 0 Å². The molecule has 2 N–H and O–H groups in total. The van der Waals surface area contributed by atoms with Gasteiger partial charge in [0.05, 0.1) is 6.10 Å². The van der Waals surface area contributed by atoms with Crippen molar-refractivity contribution in [1.29, 1.82) is 0 Å². The smallest absolute Gasteiger partial charge is 0.0703 e. The molecule has 2 aliphatic heterocycles. The highest BCUT2D eigenvalue weighted by Crippen LogP contribution is 2.32. The summed E-state index contributed by atoms with van der Waals surface area (Å²) in [7, 11) is 0. The van der Waals surface area contributed by atoms with E-state index in [1.54, 1.807) is 0 Å². The number of hydrogen-bond acceptors (Lipinski definition) is 3. The Bertz CT molecular complexity index is 236. The third kappa shape index (κ3) is 3.43. The van der Waals surface area contributed by atoms with E-state index in [2.05, 4.69) is 18.7 Å². The molecule has 100 valence electrons. The van der Waals surface area contributed by atoms with E-state index in [0.29, 0.717) is 11.6 Å². The van der Waals surface area contributed by atoms with Crippen LogP contribution < -0.4 is 5.73 Å². The lowest BCUT2D eigenvalue weighted by Gasteiger charge is -2.46. The zero-order chi connectivity index (χ0) is 12.3. The monoisotopic (exact) mass is 240 g/mol. The average molecular weight is 240 g/mol. The highest BCUT2D eigenvalue weighted by molar-refractivity contribution is 4.90. The van der Waals surface area contributed by atoms with Gasteiger partial charge in [0.1, 0.15) is 0 Å². The fraction of sp³-hybridized carbons (Fsp3) is 1.00. The van der Waals surface area contributed by atoms with E-state index < -0.39 is 0 Å². The van der Waals surface area contributed by atoms with Crippen LogP contribution >= 0.6 is 0 Å². The number of ether oxygens (including phenoxy) is 1. The lowest BCUT2D eigenvalue weighted by atomic mass is 9.83. The van der Waals surface area contributed by atoms with E-state index >= 15 is 0 Å². The maximum Gasteiger partial charge on any atom is 0.0703 e. The minimum absolute atomic E-state index is 0.344. The molecular weight excluding hydrogens is 212 g/mol. The summed E-state index contributed by atoms with van der Waals surface area (Å²) in [6.07, 6.45) is 6.78. The van der Waals surface area contributed by atoms with E-state index in [0.717, 1.165) is 25.6 Å². The van der Waals surface area contributed by atoms with Crippen molar-refractivity contribution in [2.45, 2.75) is 57.6 Å². The van der Waals surface area contributed by atoms with E-state index in [1.165, 1.54) is 38.6 Å². The first-order valence-corrected chi connectivity index (χ1v) is 7.18. The van der Waals surface area contributed by atoms with Crippen LogP contribution in [0.1, 0.15) is 46.0 Å². The van der Waals surface area contributed by atoms with Crippen LogP contribution in [-0.4, -0.2) is 42.8 Å². The van der Waals surface area contributed by atoms with Gasteiger partial charge in [0.15, 0.2) is 0 Å². The Kier molecular flexibility index (Phi) is 4.45. The van der Waals surface area contributed by atoms with E-state index in [4.69, 9.17) is 10.5 Å². The van der Waals surface area contributed by atoms with Gasteiger partial charge in [-0.25, -0.2) is 0 Å². The molecule has 2 heterocycles. The Morgan fingerprint density at radius 3 is 2.82 bits per heavy atom. The van der Waals surface area contributed by atoms with Crippen LogP contribution in [0.2, 0.25) is 0 Å². The van der Waals surface area contributed by atoms with Crippen molar-refractivity contribution >= 4 is 0 Å². The number of nitrogens with zero attached hydrogens (tertiary/aromatic N) is 1. The first kappa shape index (κ1) is 13.3. The van der Waals surface area contributed by atoms with Crippen LogP contribution in [0.4, 0.5) is 0 Å². The fourth-order valence-electron chi connectivity index (χ4n) is 3.19. The molecule has 3 heteroatoms. The van der Waals surface area contributed by atoms with Crippen molar-refractivity contribution in [2.24, 2.45) is 11.7 Å². The van der Waals surface area contributed by atoms with Gasteiger partial charge in [-0.2, -0.15) is 0 Å². The summed E-state index contributed by atoms with van der Waals surface area (Å²) < 4.78 is 5.78. The van der Waals surface area contributed by atoms with Crippen molar-refractivity contribution < 1.29 is 4.74 Å². The third-order valence-corrected chi connectivity index (χ3v) is 4.52. The van der Waals surface area contributed by atoms with Crippen molar-refractivity contribution in [3.05, 3.63) is 0 Å². The maximum atomic E-state index is 5.78. The van der Waals surface area contributed by atoms with E-state index in [1.807, 2.05) is 0 Å². The van der Waals surface area contributed by atoms with Gasteiger partial charge < -0.3 is 10.5 Å². The summed E-state index contributed by atoms with van der Waals surface area (Å²) in [6.45, 7) is 8.88. The van der Waals surface area contributed by atoms with E-state index in [9.17, 15) is 0 Å². The minimum atomic E-state index is 0.344. The molecule has 17 heavy (non-hydrogen) atoms. The van der Waals surface area contributed by atoms with Gasteiger partial charge in [-0.15, -0.1) is 0 Å². The zero-order valence-corrected chi connectivity index (χ0v) is 11.5. The molecule has 0 amide bonds. The molecule has 2 rings (SSSR count). The van der Waals surface area contributed by atoms with Gasteiger partial charge in [0.25, 0.3) is 0 Å². The fourth-order valence-corrected chi connectivity index (χ4v) is 3.19. The van der Waals surface area contributed by atoms with Crippen LogP contribution in [0.15, 0.2) is 0 Å². The molecule has 2 fully saturated rings. The van der Waals surface area contributed by atoms with Crippen LogP contribution in [0.25, 0.3) is 0 Å². The summed E-state index contributed by atoms with van der Waals surface area (Å²) in [6, 6.07) is 0. The van der Waals surface area contributed by atoms with Crippen molar-refractivity contribution in [2.75, 3.05) is 26.2 Å². The molecule has 0 aromatic rings. The lowest BCUT2D eigenvalue weighted by Crippen LogP contribution is -2.53. The van der Waals surface area contributed by atoms with Gasteiger partial charge in [-0.05, 0) is 58.4 Å². The van der Waals surface area contributed by atoms with Crippen molar-refractivity contribution in [3.8, 4) is 0 Å². The predicted molar refractivity (Wildman–Crippen MR) is 71.0 cm³/mol. The Hall–Kier alpha value is -0.120. The highest BCUT2D eigenvalue weighted by atomic mass is 16.5. The van der Waals surface area contributed by atoms with E-state index in [-0.39, 0.29) is 0 Å². The second-order valence-corrected chi connectivity index (χ2v) is 6.33. The first-order valence-electron chi connectivity index (χ1n) is 7.18. The number of nitrogens with two attached hydrogens (primary N) is 1. The zero-order valence-electron chi connectivity index (χ0n) is 11.5. The molecule has 0 aromatic carbocycles. The molecule has 2 unspecified atom stereocenters. The molecule has 0 bridgehead atoms. The predicted octanol–water partition coefficient (Wildman–Crippen LogP) is 2.00. The van der Waals surface area contributed by atoms with Crippen LogP contribution in [0.5, 0.6) is 0 Å². The number of hydrogen-bond donors (Lipinski definition) is 1. The van der Waals surface area contributed by atoms with Crippen LogP contribution in [0, 0.1) is 5.92 Å². The standard InChI is InChI=1S/C14H28N2O/c1-14(2)7-5-12(6-8-15)10-16(14)11-13-4-3-9-17-13/h12-13H,3-11,15H2,1-2H3. The Morgan fingerprint density at radius 2 is 2.18 bits per heavy atom. The second kappa shape index (κ2) is 5.68. The Morgan fingerprint density at radius 1 is 1.35 bits per heavy atom. The van der Waals surface area contributed by atoms with Crippen molar-refractivity contribution in [1.82, 2.24) is 4.90 Å².